The van der Waals surface area contributed by atoms with Gasteiger partial charge in [-0.15, -0.1) is 0 Å². The third-order valence-corrected chi connectivity index (χ3v) is 4.24. The van der Waals surface area contributed by atoms with E-state index in [0.717, 1.165) is 16.8 Å². The molecule has 0 saturated carbocycles. The van der Waals surface area contributed by atoms with Crippen molar-refractivity contribution in [2.75, 3.05) is 5.32 Å². The minimum atomic E-state index is -0.264. The van der Waals surface area contributed by atoms with Crippen LogP contribution in [0.2, 0.25) is 10.0 Å². The molecule has 0 unspecified atom stereocenters. The van der Waals surface area contributed by atoms with Crippen LogP contribution in [0.25, 0.3) is 0 Å². The third kappa shape index (κ3) is 4.88. The van der Waals surface area contributed by atoms with Gasteiger partial charge in [0.25, 0.3) is 0 Å². The van der Waals surface area contributed by atoms with E-state index in [1.54, 1.807) is 18.2 Å². The van der Waals surface area contributed by atoms with Crippen molar-refractivity contribution in [3.05, 3.63) is 93.7 Å². The largest absolute Gasteiger partial charge is 0.489 e. The van der Waals surface area contributed by atoms with Crippen molar-refractivity contribution in [2.24, 2.45) is 0 Å². The number of hydrogen-bond acceptors (Lipinski definition) is 2. The predicted molar refractivity (Wildman–Crippen MR) is 101 cm³/mol. The van der Waals surface area contributed by atoms with Gasteiger partial charge >= 0.3 is 0 Å². The van der Waals surface area contributed by atoms with Gasteiger partial charge in [0, 0.05) is 17.1 Å². The van der Waals surface area contributed by atoms with E-state index in [2.05, 4.69) is 5.32 Å². The van der Waals surface area contributed by atoms with E-state index in [1.165, 1.54) is 12.1 Å². The number of anilines is 1. The molecule has 3 aromatic rings. The highest BCUT2D eigenvalue weighted by Crippen LogP contribution is 2.27. The molecule has 0 atom stereocenters. The third-order valence-electron chi connectivity index (χ3n) is 3.67. The Morgan fingerprint density at radius 3 is 2.44 bits per heavy atom. The molecular weight excluding hydrogens is 360 g/mol. The van der Waals surface area contributed by atoms with Gasteiger partial charge in [-0.25, -0.2) is 4.39 Å². The molecular formula is C20H16Cl2FNO. The Morgan fingerprint density at radius 1 is 0.920 bits per heavy atom. The molecule has 128 valence electrons. The van der Waals surface area contributed by atoms with Gasteiger partial charge in [0.15, 0.2) is 0 Å². The van der Waals surface area contributed by atoms with Gasteiger partial charge in [-0.2, -0.15) is 0 Å². The molecule has 5 heteroatoms. The van der Waals surface area contributed by atoms with Gasteiger partial charge in [0.05, 0.1) is 10.7 Å². The Morgan fingerprint density at radius 2 is 1.68 bits per heavy atom. The first-order chi connectivity index (χ1) is 12.1. The monoisotopic (exact) mass is 375 g/mol. The highest BCUT2D eigenvalue weighted by molar-refractivity contribution is 6.33. The van der Waals surface area contributed by atoms with Gasteiger partial charge in [-0.05, 0) is 48.0 Å². The van der Waals surface area contributed by atoms with Crippen molar-refractivity contribution in [1.82, 2.24) is 0 Å². The molecule has 0 amide bonds. The van der Waals surface area contributed by atoms with E-state index >= 15 is 0 Å². The Kier molecular flexibility index (Phi) is 5.79. The summed E-state index contributed by atoms with van der Waals surface area (Å²) in [6.07, 6.45) is 0. The summed E-state index contributed by atoms with van der Waals surface area (Å²) in [7, 11) is 0. The number of halogens is 3. The summed E-state index contributed by atoms with van der Waals surface area (Å²) in [6.45, 7) is 0.865. The molecule has 0 heterocycles. The molecule has 0 saturated heterocycles. The van der Waals surface area contributed by atoms with Crippen LogP contribution in [0.15, 0.2) is 66.7 Å². The first kappa shape index (κ1) is 17.6. The molecule has 3 aromatic carbocycles. The van der Waals surface area contributed by atoms with Crippen molar-refractivity contribution in [3.63, 3.8) is 0 Å². The molecule has 2 nitrogen and oxygen atoms in total. The smallest absolute Gasteiger partial charge is 0.124 e. The van der Waals surface area contributed by atoms with Crippen LogP contribution < -0.4 is 10.1 Å². The molecule has 0 aliphatic rings. The second-order valence-electron chi connectivity index (χ2n) is 5.50. The van der Waals surface area contributed by atoms with Crippen LogP contribution in [-0.4, -0.2) is 0 Å². The van der Waals surface area contributed by atoms with Crippen molar-refractivity contribution in [1.29, 1.82) is 0 Å². The number of para-hydroxylation sites is 1. The standard InChI is InChI=1S/C20H16Cl2FNO/c21-16-7-10-20(25-13-14-5-8-17(23)9-6-14)15(11-16)12-24-19-4-2-1-3-18(19)22/h1-11,24H,12-13H2. The fourth-order valence-corrected chi connectivity index (χ4v) is 2.76. The van der Waals surface area contributed by atoms with Gasteiger partial charge in [0.1, 0.15) is 18.2 Å². The zero-order valence-corrected chi connectivity index (χ0v) is 14.8. The molecule has 1 N–H and O–H groups in total. The Labute approximate surface area is 156 Å². The topological polar surface area (TPSA) is 21.3 Å². The maximum absolute atomic E-state index is 13.0. The normalized spacial score (nSPS) is 10.5. The molecule has 0 aliphatic heterocycles. The molecule has 0 aliphatic carbocycles. The fraction of sp³-hybridized carbons (Fsp3) is 0.100. The predicted octanol–water partition coefficient (Wildman–Crippen LogP) is 6.32. The van der Waals surface area contributed by atoms with Crippen molar-refractivity contribution < 1.29 is 9.13 Å². The quantitative estimate of drug-likeness (QED) is 0.543. The van der Waals surface area contributed by atoms with E-state index in [1.807, 2.05) is 36.4 Å². The van der Waals surface area contributed by atoms with Crippen LogP contribution in [0.4, 0.5) is 10.1 Å². The maximum Gasteiger partial charge on any atom is 0.124 e. The van der Waals surface area contributed by atoms with Crippen LogP contribution in [0.5, 0.6) is 5.75 Å². The van der Waals surface area contributed by atoms with E-state index in [9.17, 15) is 4.39 Å². The summed E-state index contributed by atoms with van der Waals surface area (Å²) >= 11 is 12.3. The lowest BCUT2D eigenvalue weighted by Gasteiger charge is -2.14. The summed E-state index contributed by atoms with van der Waals surface area (Å²) in [5, 5.41) is 4.56. The summed E-state index contributed by atoms with van der Waals surface area (Å²) in [6, 6.07) is 19.2. The van der Waals surface area contributed by atoms with Crippen molar-refractivity contribution >= 4 is 28.9 Å². The Balaban J connectivity index is 1.71. The Hall–Kier alpha value is -2.23. The SMILES string of the molecule is Fc1ccc(COc2ccc(Cl)cc2CNc2ccccc2Cl)cc1. The second-order valence-corrected chi connectivity index (χ2v) is 6.34. The number of nitrogens with one attached hydrogen (secondary N) is 1. The molecule has 25 heavy (non-hydrogen) atoms. The molecule has 0 radical (unpaired) electrons. The molecule has 0 spiro atoms. The fourth-order valence-electron chi connectivity index (χ4n) is 2.36. The highest BCUT2D eigenvalue weighted by Gasteiger charge is 2.07. The number of hydrogen-bond donors (Lipinski definition) is 1. The van der Waals surface area contributed by atoms with Crippen molar-refractivity contribution in [3.8, 4) is 5.75 Å². The van der Waals surface area contributed by atoms with E-state index in [-0.39, 0.29) is 5.82 Å². The lowest BCUT2D eigenvalue weighted by atomic mass is 10.2. The molecule has 3 rings (SSSR count). The van der Waals surface area contributed by atoms with E-state index in [4.69, 9.17) is 27.9 Å². The van der Waals surface area contributed by atoms with Crippen molar-refractivity contribution in [2.45, 2.75) is 13.2 Å². The first-order valence-corrected chi connectivity index (χ1v) is 8.51. The Bertz CT molecular complexity index is 853. The average Bonchev–Trinajstić information content (AvgIpc) is 2.61. The maximum atomic E-state index is 13.0. The summed E-state index contributed by atoms with van der Waals surface area (Å²) < 4.78 is 18.9. The second kappa shape index (κ2) is 8.24. The van der Waals surface area contributed by atoms with Gasteiger partial charge < -0.3 is 10.1 Å². The average molecular weight is 376 g/mol. The summed E-state index contributed by atoms with van der Waals surface area (Å²) in [5.41, 5.74) is 2.64. The van der Waals surface area contributed by atoms with Crippen LogP contribution in [0.3, 0.4) is 0 Å². The lowest BCUT2D eigenvalue weighted by molar-refractivity contribution is 0.303. The van der Waals surface area contributed by atoms with Crippen LogP contribution in [0.1, 0.15) is 11.1 Å². The molecule has 0 bridgehead atoms. The van der Waals surface area contributed by atoms with Gasteiger partial charge in [-0.1, -0.05) is 47.5 Å². The molecule has 0 aromatic heterocycles. The summed E-state index contributed by atoms with van der Waals surface area (Å²) in [4.78, 5) is 0. The van der Waals surface area contributed by atoms with Gasteiger partial charge in [0.2, 0.25) is 0 Å². The first-order valence-electron chi connectivity index (χ1n) is 7.76. The van der Waals surface area contributed by atoms with E-state index in [0.29, 0.717) is 28.9 Å². The lowest BCUT2D eigenvalue weighted by Crippen LogP contribution is -2.04. The number of benzene rings is 3. The van der Waals surface area contributed by atoms with Crippen LogP contribution >= 0.6 is 23.2 Å². The number of ether oxygens (including phenoxy) is 1. The van der Waals surface area contributed by atoms with Crippen LogP contribution in [-0.2, 0) is 13.2 Å². The zero-order valence-electron chi connectivity index (χ0n) is 13.3. The van der Waals surface area contributed by atoms with Crippen LogP contribution in [0, 0.1) is 5.82 Å². The minimum Gasteiger partial charge on any atom is -0.489 e. The van der Waals surface area contributed by atoms with E-state index < -0.39 is 0 Å². The minimum absolute atomic E-state index is 0.264. The van der Waals surface area contributed by atoms with Gasteiger partial charge in [-0.3, -0.25) is 0 Å². The number of rotatable bonds is 6. The highest BCUT2D eigenvalue weighted by atomic mass is 35.5. The molecule has 0 fully saturated rings. The summed E-state index contributed by atoms with van der Waals surface area (Å²) in [5.74, 6) is 0.452. The zero-order chi connectivity index (χ0) is 17.6.